The molecular formula is C13H19NO4. The van der Waals surface area contributed by atoms with Crippen LogP contribution in [-0.4, -0.2) is 30.3 Å². The van der Waals surface area contributed by atoms with Crippen molar-refractivity contribution in [3.05, 3.63) is 23.2 Å². The fraction of sp³-hybridized carbons (Fsp3) is 0.615. The molecule has 1 aliphatic carbocycles. The number of esters is 1. The van der Waals surface area contributed by atoms with Gasteiger partial charge in [0.05, 0.1) is 20.3 Å². The van der Waals surface area contributed by atoms with E-state index in [2.05, 4.69) is 10.1 Å². The Morgan fingerprint density at radius 3 is 2.83 bits per heavy atom. The van der Waals surface area contributed by atoms with E-state index in [0.29, 0.717) is 23.6 Å². The highest BCUT2D eigenvalue weighted by Crippen LogP contribution is 2.31. The van der Waals surface area contributed by atoms with E-state index in [0.717, 1.165) is 19.3 Å². The first-order chi connectivity index (χ1) is 8.60. The molecule has 0 unspecified atom stereocenters. The summed E-state index contributed by atoms with van der Waals surface area (Å²) in [6.07, 6.45) is 3.10. The van der Waals surface area contributed by atoms with Crippen LogP contribution < -0.4 is 5.32 Å². The number of hydrogen-bond acceptors (Lipinski definition) is 5. The van der Waals surface area contributed by atoms with Crippen LogP contribution in [0.25, 0.3) is 0 Å². The lowest BCUT2D eigenvalue weighted by Crippen LogP contribution is -2.53. The van der Waals surface area contributed by atoms with Crippen LogP contribution in [-0.2, 0) is 11.3 Å². The van der Waals surface area contributed by atoms with Gasteiger partial charge in [-0.2, -0.15) is 0 Å². The van der Waals surface area contributed by atoms with E-state index in [1.165, 1.54) is 7.11 Å². The van der Waals surface area contributed by atoms with Gasteiger partial charge in [-0.3, -0.25) is 0 Å². The van der Waals surface area contributed by atoms with Crippen LogP contribution in [0.2, 0.25) is 0 Å². The number of carbonyl (C=O) groups excluding carboxylic acids is 1. The average Bonchev–Trinajstić information content (AvgIpc) is 2.69. The SMILES string of the molecule is COC(=O)c1cc(CNC2(CO)CCC2)oc1C. The van der Waals surface area contributed by atoms with Crippen LogP contribution in [0.1, 0.15) is 41.1 Å². The molecule has 1 fully saturated rings. The minimum Gasteiger partial charge on any atom is -0.465 e. The Bertz CT molecular complexity index is 429. The van der Waals surface area contributed by atoms with E-state index in [1.807, 2.05) is 0 Å². The van der Waals surface area contributed by atoms with Crippen molar-refractivity contribution in [1.29, 1.82) is 0 Å². The van der Waals surface area contributed by atoms with Gasteiger partial charge in [0.25, 0.3) is 0 Å². The Morgan fingerprint density at radius 1 is 1.61 bits per heavy atom. The zero-order valence-corrected chi connectivity index (χ0v) is 10.8. The van der Waals surface area contributed by atoms with Crippen LogP contribution in [0, 0.1) is 6.92 Å². The summed E-state index contributed by atoms with van der Waals surface area (Å²) in [5.74, 6) is 0.862. The highest BCUT2D eigenvalue weighted by molar-refractivity contribution is 5.90. The minimum absolute atomic E-state index is 0.135. The number of aryl methyl sites for hydroxylation is 1. The number of hydrogen-bond donors (Lipinski definition) is 2. The van der Waals surface area contributed by atoms with Crippen molar-refractivity contribution in [1.82, 2.24) is 5.32 Å². The topological polar surface area (TPSA) is 71.7 Å². The van der Waals surface area contributed by atoms with Crippen LogP contribution in [0.4, 0.5) is 0 Å². The number of aliphatic hydroxyl groups is 1. The molecule has 100 valence electrons. The zero-order chi connectivity index (χ0) is 13.2. The maximum atomic E-state index is 11.4. The maximum absolute atomic E-state index is 11.4. The third kappa shape index (κ3) is 2.42. The number of ether oxygens (including phenoxy) is 1. The highest BCUT2D eigenvalue weighted by atomic mass is 16.5. The Kier molecular flexibility index (Phi) is 3.73. The van der Waals surface area contributed by atoms with Crippen molar-refractivity contribution in [2.45, 2.75) is 38.3 Å². The molecule has 1 aliphatic rings. The molecule has 1 aromatic heterocycles. The summed E-state index contributed by atoms with van der Waals surface area (Å²) in [5, 5.41) is 12.6. The molecule has 0 amide bonds. The molecule has 1 heterocycles. The summed E-state index contributed by atoms with van der Waals surface area (Å²) < 4.78 is 10.2. The maximum Gasteiger partial charge on any atom is 0.341 e. The lowest BCUT2D eigenvalue weighted by atomic mass is 9.77. The molecule has 0 aliphatic heterocycles. The van der Waals surface area contributed by atoms with Crippen LogP contribution in [0.5, 0.6) is 0 Å². The fourth-order valence-corrected chi connectivity index (χ4v) is 2.21. The molecule has 0 aromatic carbocycles. The first-order valence-electron chi connectivity index (χ1n) is 6.14. The predicted octanol–water partition coefficient (Wildman–Crippen LogP) is 1.38. The molecule has 2 N–H and O–H groups in total. The Labute approximate surface area is 106 Å². The molecule has 0 bridgehead atoms. The average molecular weight is 253 g/mol. The minimum atomic E-state index is -0.386. The Balaban J connectivity index is 2.00. The molecule has 1 saturated carbocycles. The number of nitrogens with one attached hydrogen (secondary N) is 1. The quantitative estimate of drug-likeness (QED) is 0.776. The van der Waals surface area contributed by atoms with Crippen LogP contribution in [0.3, 0.4) is 0 Å². The third-order valence-corrected chi connectivity index (χ3v) is 3.63. The fourth-order valence-electron chi connectivity index (χ4n) is 2.21. The van der Waals surface area contributed by atoms with Crippen molar-refractivity contribution >= 4 is 5.97 Å². The van der Waals surface area contributed by atoms with E-state index in [-0.39, 0.29) is 18.1 Å². The summed E-state index contributed by atoms with van der Waals surface area (Å²) in [5.41, 5.74) is 0.299. The van der Waals surface area contributed by atoms with Gasteiger partial charge in [-0.05, 0) is 32.3 Å². The van der Waals surface area contributed by atoms with Crippen molar-refractivity contribution in [3.63, 3.8) is 0 Å². The molecule has 5 heteroatoms. The first-order valence-corrected chi connectivity index (χ1v) is 6.14. The van der Waals surface area contributed by atoms with Gasteiger partial charge in [-0.1, -0.05) is 0 Å². The van der Waals surface area contributed by atoms with Crippen LogP contribution in [0.15, 0.2) is 10.5 Å². The number of methoxy groups -OCH3 is 1. The van der Waals surface area contributed by atoms with Gasteiger partial charge in [0.1, 0.15) is 17.1 Å². The summed E-state index contributed by atoms with van der Waals surface area (Å²) in [7, 11) is 1.35. The van der Waals surface area contributed by atoms with E-state index >= 15 is 0 Å². The van der Waals surface area contributed by atoms with Crippen molar-refractivity contribution in [2.24, 2.45) is 0 Å². The number of rotatable bonds is 5. The lowest BCUT2D eigenvalue weighted by Gasteiger charge is -2.41. The largest absolute Gasteiger partial charge is 0.465 e. The third-order valence-electron chi connectivity index (χ3n) is 3.63. The predicted molar refractivity (Wildman–Crippen MR) is 65.3 cm³/mol. The standard InChI is InChI=1S/C13H19NO4/c1-9-11(12(16)17-2)6-10(18-9)7-14-13(8-15)4-3-5-13/h6,14-15H,3-5,7-8H2,1-2H3. The van der Waals surface area contributed by atoms with Gasteiger partial charge < -0.3 is 19.6 Å². The van der Waals surface area contributed by atoms with E-state index in [1.54, 1.807) is 13.0 Å². The summed E-state index contributed by atoms with van der Waals surface area (Å²) in [6, 6.07) is 1.69. The highest BCUT2D eigenvalue weighted by Gasteiger charge is 2.35. The van der Waals surface area contributed by atoms with Gasteiger partial charge >= 0.3 is 5.97 Å². The number of carbonyl (C=O) groups is 1. The van der Waals surface area contributed by atoms with Gasteiger partial charge in [-0.25, -0.2) is 4.79 Å². The van der Waals surface area contributed by atoms with E-state index in [4.69, 9.17) is 4.42 Å². The molecule has 0 atom stereocenters. The van der Waals surface area contributed by atoms with Crippen molar-refractivity contribution in [3.8, 4) is 0 Å². The molecule has 1 aromatic rings. The lowest BCUT2D eigenvalue weighted by molar-refractivity contribution is 0.0599. The van der Waals surface area contributed by atoms with Gasteiger partial charge in [-0.15, -0.1) is 0 Å². The van der Waals surface area contributed by atoms with Crippen molar-refractivity contribution in [2.75, 3.05) is 13.7 Å². The molecule has 5 nitrogen and oxygen atoms in total. The number of furan rings is 1. The Hall–Kier alpha value is -1.33. The Morgan fingerprint density at radius 2 is 2.33 bits per heavy atom. The summed E-state index contributed by atoms with van der Waals surface area (Å²) >= 11 is 0. The molecular weight excluding hydrogens is 234 g/mol. The molecule has 0 saturated heterocycles. The van der Waals surface area contributed by atoms with E-state index in [9.17, 15) is 9.90 Å². The van der Waals surface area contributed by atoms with Gasteiger partial charge in [0.2, 0.25) is 0 Å². The van der Waals surface area contributed by atoms with Gasteiger partial charge in [0.15, 0.2) is 0 Å². The zero-order valence-electron chi connectivity index (χ0n) is 10.8. The van der Waals surface area contributed by atoms with Crippen LogP contribution >= 0.6 is 0 Å². The number of aliphatic hydroxyl groups excluding tert-OH is 1. The second-order valence-electron chi connectivity index (χ2n) is 4.82. The summed E-state index contributed by atoms with van der Waals surface area (Å²) in [4.78, 5) is 11.4. The second kappa shape index (κ2) is 5.12. The first kappa shape index (κ1) is 13.1. The van der Waals surface area contributed by atoms with E-state index < -0.39 is 0 Å². The molecule has 0 radical (unpaired) electrons. The normalized spacial score (nSPS) is 17.3. The summed E-state index contributed by atoms with van der Waals surface area (Å²) in [6.45, 7) is 2.38. The monoisotopic (exact) mass is 253 g/mol. The molecule has 0 spiro atoms. The molecule has 2 rings (SSSR count). The van der Waals surface area contributed by atoms with Crippen molar-refractivity contribution < 1.29 is 19.1 Å². The molecule has 18 heavy (non-hydrogen) atoms. The smallest absolute Gasteiger partial charge is 0.341 e. The second-order valence-corrected chi connectivity index (χ2v) is 4.82. The van der Waals surface area contributed by atoms with Gasteiger partial charge in [0, 0.05) is 5.54 Å².